The first kappa shape index (κ1) is 19.6. The lowest BCUT2D eigenvalue weighted by Crippen LogP contribution is -2.52. The Balaban J connectivity index is 0.000000352. The number of carbonyl (C=O) groups is 1. The molecule has 1 aliphatic heterocycles. The van der Waals surface area contributed by atoms with E-state index in [1.54, 1.807) is 0 Å². The highest BCUT2D eigenvalue weighted by atomic mass is 16.1. The average Bonchev–Trinajstić information content (AvgIpc) is 3.15. The quantitative estimate of drug-likeness (QED) is 0.726. The summed E-state index contributed by atoms with van der Waals surface area (Å²) in [6, 6.07) is 0. The predicted octanol–water partition coefficient (Wildman–Crippen LogP) is 3.43. The summed E-state index contributed by atoms with van der Waals surface area (Å²) in [6.07, 6.45) is 4.48. The molecule has 0 N–H and O–H groups in total. The molecule has 0 unspecified atom stereocenters. The van der Waals surface area contributed by atoms with Crippen molar-refractivity contribution >= 4 is 6.29 Å². The molecule has 1 spiro atoms. The topological polar surface area (TPSA) is 23.6 Å². The molecule has 0 aromatic heterocycles. The van der Waals surface area contributed by atoms with Gasteiger partial charge in [0.2, 0.25) is 0 Å². The Kier molecular flexibility index (Phi) is 8.60. The van der Waals surface area contributed by atoms with E-state index in [9.17, 15) is 4.79 Å². The minimum atomic E-state index is 0.182. The Labute approximate surface area is 126 Å². The Morgan fingerprint density at radius 2 is 1.70 bits per heavy atom. The summed E-state index contributed by atoms with van der Waals surface area (Å²) in [5, 5.41) is 0. The van der Waals surface area contributed by atoms with Crippen LogP contribution in [0.2, 0.25) is 0 Å². The van der Waals surface area contributed by atoms with Crippen molar-refractivity contribution in [3.8, 4) is 0 Å². The maximum Gasteiger partial charge on any atom is 0.120 e. The van der Waals surface area contributed by atoms with Crippen LogP contribution in [0.25, 0.3) is 0 Å². The van der Waals surface area contributed by atoms with Crippen LogP contribution in [0.4, 0.5) is 0 Å². The Morgan fingerprint density at radius 3 is 2.00 bits per heavy atom. The molecule has 1 saturated carbocycles. The Hall–Kier alpha value is -0.410. The van der Waals surface area contributed by atoms with Gasteiger partial charge in [-0.15, -0.1) is 0 Å². The number of hydrogen-bond donors (Lipinski definition) is 0. The molecule has 3 heteroatoms. The summed E-state index contributed by atoms with van der Waals surface area (Å²) in [4.78, 5) is 15.0. The van der Waals surface area contributed by atoms with Crippen molar-refractivity contribution in [3.05, 3.63) is 0 Å². The molecule has 2 aliphatic rings. The van der Waals surface area contributed by atoms with Crippen molar-refractivity contribution in [2.75, 3.05) is 33.2 Å². The molecule has 0 amide bonds. The maximum absolute atomic E-state index is 9.82. The second-order valence-corrected chi connectivity index (χ2v) is 6.95. The molecule has 2 fully saturated rings. The second-order valence-electron chi connectivity index (χ2n) is 6.95. The van der Waals surface area contributed by atoms with E-state index in [0.29, 0.717) is 12.0 Å². The molecule has 20 heavy (non-hydrogen) atoms. The van der Waals surface area contributed by atoms with Crippen LogP contribution in [0.15, 0.2) is 0 Å². The minimum absolute atomic E-state index is 0.182. The molecule has 0 bridgehead atoms. The first-order chi connectivity index (χ1) is 9.33. The Bertz CT molecular complexity index is 267. The molecule has 0 atom stereocenters. The zero-order valence-corrected chi connectivity index (χ0v) is 14.8. The van der Waals surface area contributed by atoms with Gasteiger partial charge in [-0.1, -0.05) is 41.5 Å². The van der Waals surface area contributed by atoms with Gasteiger partial charge in [-0.25, -0.2) is 0 Å². The van der Waals surface area contributed by atoms with Crippen molar-refractivity contribution in [2.45, 2.75) is 66.3 Å². The highest BCUT2D eigenvalue weighted by molar-refractivity contribution is 5.50. The molecule has 3 nitrogen and oxygen atoms in total. The van der Waals surface area contributed by atoms with Gasteiger partial charge in [0.1, 0.15) is 6.29 Å². The molecule has 120 valence electrons. The lowest BCUT2D eigenvalue weighted by atomic mass is 9.93. The van der Waals surface area contributed by atoms with Gasteiger partial charge < -0.3 is 9.69 Å². The largest absolute Gasteiger partial charge is 0.303 e. The number of likely N-dealkylation sites (N-methyl/N-ethyl adjacent to an activating group) is 2. The van der Waals surface area contributed by atoms with Crippen LogP contribution in [0.1, 0.15) is 60.8 Å². The molecule has 1 saturated heterocycles. The first-order valence-electron chi connectivity index (χ1n) is 8.20. The van der Waals surface area contributed by atoms with Gasteiger partial charge in [0, 0.05) is 31.6 Å². The fourth-order valence-corrected chi connectivity index (χ4v) is 2.35. The fraction of sp³-hybridized carbons (Fsp3) is 0.941. The van der Waals surface area contributed by atoms with Gasteiger partial charge in [0.25, 0.3) is 0 Å². The van der Waals surface area contributed by atoms with Gasteiger partial charge in [0.05, 0.1) is 0 Å². The molecule has 1 heterocycles. The lowest BCUT2D eigenvalue weighted by molar-refractivity contribution is -0.109. The van der Waals surface area contributed by atoms with Crippen molar-refractivity contribution in [1.29, 1.82) is 0 Å². The molecule has 0 radical (unpaired) electrons. The molecule has 1 aliphatic carbocycles. The van der Waals surface area contributed by atoms with Crippen molar-refractivity contribution in [2.24, 2.45) is 5.41 Å². The third-order valence-electron chi connectivity index (χ3n) is 4.05. The van der Waals surface area contributed by atoms with E-state index in [4.69, 9.17) is 0 Å². The van der Waals surface area contributed by atoms with Crippen molar-refractivity contribution in [3.63, 3.8) is 0 Å². The van der Waals surface area contributed by atoms with Crippen molar-refractivity contribution < 1.29 is 4.79 Å². The van der Waals surface area contributed by atoms with E-state index in [1.165, 1.54) is 39.0 Å². The van der Waals surface area contributed by atoms with Crippen LogP contribution in [0, 0.1) is 5.41 Å². The average molecular weight is 284 g/mol. The summed E-state index contributed by atoms with van der Waals surface area (Å²) < 4.78 is 0. The highest BCUT2D eigenvalue weighted by Gasteiger charge is 2.48. The van der Waals surface area contributed by atoms with Gasteiger partial charge >= 0.3 is 0 Å². The standard InChI is InChI=1S/C9H18N2.C6H12O.C2H6/c1-3-11-7-6-10(2)9(8-11)4-5-9;1-6(2,3)4-5-7;1-2/h3-8H2,1-2H3;5H,4H2,1-3H3;1-2H3. The van der Waals surface area contributed by atoms with Crippen LogP contribution in [0.3, 0.4) is 0 Å². The smallest absolute Gasteiger partial charge is 0.120 e. The number of rotatable bonds is 2. The van der Waals surface area contributed by atoms with Gasteiger partial charge in [-0.2, -0.15) is 0 Å². The molecule has 2 rings (SSSR count). The number of aldehydes is 1. The van der Waals surface area contributed by atoms with Crippen molar-refractivity contribution in [1.82, 2.24) is 9.80 Å². The minimum Gasteiger partial charge on any atom is -0.303 e. The van der Waals surface area contributed by atoms with E-state index >= 15 is 0 Å². The third-order valence-corrected chi connectivity index (χ3v) is 4.05. The van der Waals surface area contributed by atoms with Crippen LogP contribution in [-0.4, -0.2) is 54.9 Å². The highest BCUT2D eigenvalue weighted by Crippen LogP contribution is 2.42. The molecular weight excluding hydrogens is 248 g/mol. The second kappa shape index (κ2) is 8.78. The summed E-state index contributed by atoms with van der Waals surface area (Å²) in [6.45, 7) is 17.5. The molecule has 0 aromatic carbocycles. The number of carbonyl (C=O) groups excluding carboxylic acids is 1. The monoisotopic (exact) mass is 284 g/mol. The normalized spacial score (nSPS) is 21.4. The van der Waals surface area contributed by atoms with Gasteiger partial charge in [-0.3, -0.25) is 4.90 Å². The van der Waals surface area contributed by atoms with Crippen LogP contribution < -0.4 is 0 Å². The van der Waals surface area contributed by atoms with E-state index in [-0.39, 0.29) is 5.41 Å². The number of nitrogens with zero attached hydrogens (tertiary/aromatic N) is 2. The predicted molar refractivity (Wildman–Crippen MR) is 88.2 cm³/mol. The van der Waals surface area contributed by atoms with E-state index in [0.717, 1.165) is 6.29 Å². The lowest BCUT2D eigenvalue weighted by Gasteiger charge is -2.39. The SMILES string of the molecule is CC.CC(C)(C)CC=O.CCN1CCN(C)C2(CC2)C1. The van der Waals surface area contributed by atoms with Crippen LogP contribution in [0.5, 0.6) is 0 Å². The summed E-state index contributed by atoms with van der Waals surface area (Å²) >= 11 is 0. The fourth-order valence-electron chi connectivity index (χ4n) is 2.35. The third kappa shape index (κ3) is 6.85. The summed E-state index contributed by atoms with van der Waals surface area (Å²) in [7, 11) is 2.28. The Morgan fingerprint density at radius 1 is 1.15 bits per heavy atom. The zero-order chi connectivity index (χ0) is 15.8. The zero-order valence-electron chi connectivity index (χ0n) is 14.8. The number of hydrogen-bond acceptors (Lipinski definition) is 3. The van der Waals surface area contributed by atoms with Crippen LogP contribution >= 0.6 is 0 Å². The first-order valence-corrected chi connectivity index (χ1v) is 8.20. The molecular formula is C17H36N2O. The van der Waals surface area contributed by atoms with E-state index in [1.807, 2.05) is 34.6 Å². The summed E-state index contributed by atoms with van der Waals surface area (Å²) in [5.74, 6) is 0. The van der Waals surface area contributed by atoms with Gasteiger partial charge in [0.15, 0.2) is 0 Å². The van der Waals surface area contributed by atoms with Gasteiger partial charge in [-0.05, 0) is 31.8 Å². The van der Waals surface area contributed by atoms with E-state index in [2.05, 4.69) is 23.8 Å². The van der Waals surface area contributed by atoms with Crippen LogP contribution in [-0.2, 0) is 4.79 Å². The van der Waals surface area contributed by atoms with E-state index < -0.39 is 0 Å². The maximum atomic E-state index is 9.82. The summed E-state index contributed by atoms with van der Waals surface area (Å²) in [5.41, 5.74) is 0.802. The molecule has 0 aromatic rings. The number of piperazine rings is 1.